The van der Waals surface area contributed by atoms with Gasteiger partial charge >= 0.3 is 0 Å². The van der Waals surface area contributed by atoms with Crippen LogP contribution in [0.15, 0.2) is 54.6 Å². The highest BCUT2D eigenvalue weighted by Gasteiger charge is 2.39. The van der Waals surface area contributed by atoms with E-state index in [2.05, 4.69) is 44.2 Å². The van der Waals surface area contributed by atoms with Crippen molar-refractivity contribution in [2.24, 2.45) is 0 Å². The number of hydrogen-bond acceptors (Lipinski definition) is 2. The van der Waals surface area contributed by atoms with Crippen molar-refractivity contribution in [2.75, 3.05) is 0 Å². The lowest BCUT2D eigenvalue weighted by Gasteiger charge is -2.26. The van der Waals surface area contributed by atoms with E-state index < -0.39 is 0 Å². The summed E-state index contributed by atoms with van der Waals surface area (Å²) in [6.07, 6.45) is 0. The van der Waals surface area contributed by atoms with Crippen molar-refractivity contribution < 1.29 is 9.47 Å². The molecule has 2 nitrogen and oxygen atoms in total. The van der Waals surface area contributed by atoms with Crippen molar-refractivity contribution >= 4 is 0 Å². The second-order valence-corrected chi connectivity index (χ2v) is 7.09. The van der Waals surface area contributed by atoms with E-state index in [0.717, 1.165) is 28.6 Å². The van der Waals surface area contributed by atoms with Gasteiger partial charge in [-0.1, -0.05) is 56.3 Å². The highest BCUT2D eigenvalue weighted by atomic mass is 16.6. The van der Waals surface area contributed by atoms with E-state index >= 15 is 0 Å². The third-order valence-electron chi connectivity index (χ3n) is 5.26. The molecule has 2 heteroatoms. The van der Waals surface area contributed by atoms with Crippen molar-refractivity contribution in [3.63, 3.8) is 0 Å². The number of aryl methyl sites for hydroxylation is 1. The maximum absolute atomic E-state index is 6.33. The maximum atomic E-state index is 6.33. The topological polar surface area (TPSA) is 18.5 Å². The maximum Gasteiger partial charge on any atom is 0.178 e. The van der Waals surface area contributed by atoms with E-state index in [0.29, 0.717) is 0 Å². The van der Waals surface area contributed by atoms with Gasteiger partial charge in [0.25, 0.3) is 0 Å². The van der Waals surface area contributed by atoms with Crippen molar-refractivity contribution in [2.45, 2.75) is 26.2 Å². The fourth-order valence-electron chi connectivity index (χ4n) is 3.98. The van der Waals surface area contributed by atoms with Gasteiger partial charge in [-0.25, -0.2) is 0 Å². The quantitative estimate of drug-likeness (QED) is 0.385. The second-order valence-electron chi connectivity index (χ2n) is 7.09. The van der Waals surface area contributed by atoms with E-state index in [4.69, 9.17) is 9.47 Å². The summed E-state index contributed by atoms with van der Waals surface area (Å²) in [4.78, 5) is 0. The first-order chi connectivity index (χ1) is 11.6. The molecule has 0 fully saturated rings. The Balaban J connectivity index is 1.79. The average Bonchev–Trinajstić information content (AvgIpc) is 2.82. The zero-order chi connectivity index (χ0) is 16.5. The number of rotatable bonds is 0. The molecule has 24 heavy (non-hydrogen) atoms. The summed E-state index contributed by atoms with van der Waals surface area (Å²) in [7, 11) is 0. The van der Waals surface area contributed by atoms with Crippen LogP contribution in [0.4, 0.5) is 0 Å². The molecule has 1 aliphatic heterocycles. The molecule has 0 spiro atoms. The van der Waals surface area contributed by atoms with Crippen LogP contribution in [0, 0.1) is 6.92 Å². The fraction of sp³-hybridized carbons (Fsp3) is 0.182. The summed E-state index contributed by atoms with van der Waals surface area (Å²) in [6.45, 7) is 6.58. The number of ether oxygens (including phenoxy) is 2. The SMILES string of the molecule is Cc1cccc2c1Oc1ccc3c(c1O2)-c1ccccc1C3(C)C. The molecule has 0 saturated carbocycles. The van der Waals surface area contributed by atoms with Gasteiger partial charge in [-0.15, -0.1) is 0 Å². The Labute approximate surface area is 141 Å². The Hall–Kier alpha value is -2.74. The van der Waals surface area contributed by atoms with Gasteiger partial charge in [-0.05, 0) is 41.3 Å². The number of benzene rings is 3. The first-order valence-electron chi connectivity index (χ1n) is 8.30. The Morgan fingerprint density at radius 1 is 0.708 bits per heavy atom. The minimum Gasteiger partial charge on any atom is -0.449 e. The van der Waals surface area contributed by atoms with Crippen molar-refractivity contribution in [1.29, 1.82) is 0 Å². The molecule has 0 saturated heterocycles. The van der Waals surface area contributed by atoms with E-state index in [1.807, 2.05) is 31.2 Å². The summed E-state index contributed by atoms with van der Waals surface area (Å²) in [6, 6.07) is 18.8. The molecule has 0 aromatic heterocycles. The van der Waals surface area contributed by atoms with Crippen LogP contribution >= 0.6 is 0 Å². The Morgan fingerprint density at radius 3 is 2.33 bits per heavy atom. The summed E-state index contributed by atoms with van der Waals surface area (Å²) in [5.41, 5.74) is 6.10. The summed E-state index contributed by atoms with van der Waals surface area (Å²) in [5.74, 6) is 3.24. The zero-order valence-corrected chi connectivity index (χ0v) is 14.0. The minimum atomic E-state index is -0.0306. The minimum absolute atomic E-state index is 0.0306. The largest absolute Gasteiger partial charge is 0.449 e. The van der Waals surface area contributed by atoms with Gasteiger partial charge in [0.15, 0.2) is 23.0 Å². The molecule has 0 atom stereocenters. The molecule has 1 heterocycles. The van der Waals surface area contributed by atoms with Crippen molar-refractivity contribution in [1.82, 2.24) is 0 Å². The van der Waals surface area contributed by atoms with Crippen LogP contribution in [0.2, 0.25) is 0 Å². The zero-order valence-electron chi connectivity index (χ0n) is 14.0. The molecule has 2 aliphatic rings. The van der Waals surface area contributed by atoms with Crippen LogP contribution in [-0.2, 0) is 5.41 Å². The van der Waals surface area contributed by atoms with Crippen LogP contribution in [0.3, 0.4) is 0 Å². The Kier molecular flexibility index (Phi) is 2.52. The monoisotopic (exact) mass is 314 g/mol. The van der Waals surface area contributed by atoms with Crippen LogP contribution in [-0.4, -0.2) is 0 Å². The molecule has 3 aromatic carbocycles. The van der Waals surface area contributed by atoms with Gasteiger partial charge in [0.05, 0.1) is 0 Å². The molecule has 0 N–H and O–H groups in total. The van der Waals surface area contributed by atoms with Crippen molar-refractivity contribution in [3.8, 4) is 34.1 Å². The van der Waals surface area contributed by atoms with Gasteiger partial charge in [-0.3, -0.25) is 0 Å². The predicted molar refractivity (Wildman–Crippen MR) is 95.3 cm³/mol. The van der Waals surface area contributed by atoms with E-state index in [9.17, 15) is 0 Å². The summed E-state index contributed by atoms with van der Waals surface area (Å²) in [5, 5.41) is 0. The second kappa shape index (κ2) is 4.41. The first-order valence-corrected chi connectivity index (χ1v) is 8.30. The number of para-hydroxylation sites is 1. The van der Waals surface area contributed by atoms with Crippen LogP contribution in [0.25, 0.3) is 11.1 Å². The van der Waals surface area contributed by atoms with Crippen LogP contribution < -0.4 is 9.47 Å². The van der Waals surface area contributed by atoms with E-state index in [-0.39, 0.29) is 5.41 Å². The van der Waals surface area contributed by atoms with Gasteiger partial charge in [-0.2, -0.15) is 0 Å². The third-order valence-corrected chi connectivity index (χ3v) is 5.26. The number of hydrogen-bond donors (Lipinski definition) is 0. The molecule has 5 rings (SSSR count). The molecule has 118 valence electrons. The first kappa shape index (κ1) is 13.7. The molecule has 3 aromatic rings. The molecule has 0 amide bonds. The summed E-state index contributed by atoms with van der Waals surface area (Å²) >= 11 is 0. The van der Waals surface area contributed by atoms with Gasteiger partial charge in [0.2, 0.25) is 0 Å². The van der Waals surface area contributed by atoms with Gasteiger partial charge < -0.3 is 9.47 Å². The number of fused-ring (bicyclic) bond motifs is 6. The average molecular weight is 314 g/mol. The van der Waals surface area contributed by atoms with E-state index in [1.165, 1.54) is 22.3 Å². The fourth-order valence-corrected chi connectivity index (χ4v) is 3.98. The standard InChI is InChI=1S/C22H18O2/c1-13-7-6-10-17-20(13)23-18-12-11-16-19(21(18)24-17)14-8-4-5-9-15(14)22(16,2)3/h4-12H,1-3H3. The smallest absolute Gasteiger partial charge is 0.178 e. The van der Waals surface area contributed by atoms with E-state index in [1.54, 1.807) is 0 Å². The molecule has 0 unspecified atom stereocenters. The van der Waals surface area contributed by atoms with Crippen molar-refractivity contribution in [3.05, 3.63) is 71.3 Å². The molecule has 1 aliphatic carbocycles. The lowest BCUT2D eigenvalue weighted by molar-refractivity contribution is 0.358. The van der Waals surface area contributed by atoms with Gasteiger partial charge in [0, 0.05) is 11.0 Å². The molecular weight excluding hydrogens is 296 g/mol. The predicted octanol–water partition coefficient (Wildman–Crippen LogP) is 6.20. The van der Waals surface area contributed by atoms with Gasteiger partial charge in [0.1, 0.15) is 0 Å². The Bertz CT molecular complexity index is 999. The molecule has 0 radical (unpaired) electrons. The normalized spacial score (nSPS) is 15.5. The van der Waals surface area contributed by atoms with Crippen LogP contribution in [0.5, 0.6) is 23.0 Å². The lowest BCUT2D eigenvalue weighted by atomic mass is 9.82. The molecule has 0 bridgehead atoms. The highest BCUT2D eigenvalue weighted by Crippen LogP contribution is 2.58. The van der Waals surface area contributed by atoms with Crippen LogP contribution in [0.1, 0.15) is 30.5 Å². The lowest BCUT2D eigenvalue weighted by Crippen LogP contribution is -2.15. The summed E-state index contributed by atoms with van der Waals surface area (Å²) < 4.78 is 12.5. The third kappa shape index (κ3) is 1.60. The Morgan fingerprint density at radius 2 is 1.46 bits per heavy atom. The highest BCUT2D eigenvalue weighted by molar-refractivity contribution is 5.88. The molecular formula is C22H18O2.